The van der Waals surface area contributed by atoms with Gasteiger partial charge < -0.3 is 5.11 Å². The number of carbonyl (C=O) groups excluding carboxylic acids is 1. The molecule has 0 unspecified atom stereocenters. The Morgan fingerprint density at radius 2 is 2.09 bits per heavy atom. The van der Waals surface area contributed by atoms with Crippen LogP contribution >= 0.6 is 0 Å². The van der Waals surface area contributed by atoms with Crippen LogP contribution in [-0.4, -0.2) is 16.9 Å². The lowest BCUT2D eigenvalue weighted by Gasteiger charge is -2.57. The standard InChI is InChI=1S/C20H30O3/c1-13(10-18(22)23)6-8-19(4)14(2)7-9-20(5)15(3)11-16(21)12-17(19)20/h10-11,14,17H,6-9,12H2,1-5H3,(H,22,23)/b13-10+/t14-,17+,19+,20+/m1/s1. The van der Waals surface area contributed by atoms with Gasteiger partial charge in [-0.3, -0.25) is 4.79 Å². The molecule has 1 N–H and O–H groups in total. The summed E-state index contributed by atoms with van der Waals surface area (Å²) in [6, 6.07) is 0. The number of carboxylic acid groups (broad SMARTS) is 1. The SMILES string of the molecule is CC1=CC(=O)C[C@H]2[C@@](C)(CC/C(C)=C/C(=O)O)[C@H](C)CC[C@@]12C. The normalized spacial score (nSPS) is 38.0. The van der Waals surface area contributed by atoms with E-state index in [1.807, 2.05) is 13.0 Å². The highest BCUT2D eigenvalue weighted by Gasteiger charge is 2.54. The van der Waals surface area contributed by atoms with Crippen LogP contribution in [0.3, 0.4) is 0 Å². The number of rotatable bonds is 4. The van der Waals surface area contributed by atoms with Crippen LogP contribution < -0.4 is 0 Å². The molecule has 2 rings (SSSR count). The van der Waals surface area contributed by atoms with Gasteiger partial charge in [-0.15, -0.1) is 0 Å². The molecule has 3 heteroatoms. The minimum atomic E-state index is -0.874. The van der Waals surface area contributed by atoms with E-state index in [9.17, 15) is 9.59 Å². The van der Waals surface area contributed by atoms with Crippen molar-refractivity contribution in [3.05, 3.63) is 23.3 Å². The maximum Gasteiger partial charge on any atom is 0.328 e. The lowest BCUT2D eigenvalue weighted by molar-refractivity contribution is -0.131. The van der Waals surface area contributed by atoms with Crippen molar-refractivity contribution in [1.82, 2.24) is 0 Å². The molecule has 128 valence electrons. The first-order chi connectivity index (χ1) is 10.6. The Morgan fingerprint density at radius 3 is 2.70 bits per heavy atom. The van der Waals surface area contributed by atoms with Gasteiger partial charge in [0.25, 0.3) is 0 Å². The maximum atomic E-state index is 12.2. The average molecular weight is 318 g/mol. The number of aliphatic carboxylic acids is 1. The molecule has 0 saturated heterocycles. The first-order valence-corrected chi connectivity index (χ1v) is 8.71. The van der Waals surface area contributed by atoms with Gasteiger partial charge in [-0.2, -0.15) is 0 Å². The largest absolute Gasteiger partial charge is 0.478 e. The second-order valence-corrected chi connectivity index (χ2v) is 8.24. The molecule has 0 spiro atoms. The Hall–Kier alpha value is -1.38. The van der Waals surface area contributed by atoms with Crippen molar-refractivity contribution in [1.29, 1.82) is 0 Å². The molecule has 0 aromatic carbocycles. The highest BCUT2D eigenvalue weighted by atomic mass is 16.4. The summed E-state index contributed by atoms with van der Waals surface area (Å²) in [5.74, 6) is 0.287. The molecule has 23 heavy (non-hydrogen) atoms. The van der Waals surface area contributed by atoms with Gasteiger partial charge in [-0.05, 0) is 68.3 Å². The molecule has 2 aliphatic carbocycles. The third kappa shape index (κ3) is 3.29. The first-order valence-electron chi connectivity index (χ1n) is 8.71. The Kier molecular flexibility index (Phi) is 4.89. The van der Waals surface area contributed by atoms with E-state index < -0.39 is 5.97 Å². The van der Waals surface area contributed by atoms with Crippen molar-refractivity contribution < 1.29 is 14.7 Å². The fourth-order valence-corrected chi connectivity index (χ4v) is 4.86. The van der Waals surface area contributed by atoms with Gasteiger partial charge in [0.15, 0.2) is 5.78 Å². The first kappa shape index (κ1) is 18.0. The molecule has 0 aliphatic heterocycles. The van der Waals surface area contributed by atoms with Gasteiger partial charge >= 0.3 is 5.97 Å². The summed E-state index contributed by atoms with van der Waals surface area (Å²) in [5, 5.41) is 8.91. The van der Waals surface area contributed by atoms with E-state index in [1.54, 1.807) is 0 Å². The van der Waals surface area contributed by atoms with E-state index in [-0.39, 0.29) is 16.6 Å². The number of hydrogen-bond acceptors (Lipinski definition) is 2. The smallest absolute Gasteiger partial charge is 0.328 e. The van der Waals surface area contributed by atoms with Crippen LogP contribution in [0.2, 0.25) is 0 Å². The van der Waals surface area contributed by atoms with Crippen molar-refractivity contribution in [3.63, 3.8) is 0 Å². The summed E-state index contributed by atoms with van der Waals surface area (Å²) in [6.07, 6.45) is 7.85. The van der Waals surface area contributed by atoms with Crippen LogP contribution in [-0.2, 0) is 9.59 Å². The van der Waals surface area contributed by atoms with Crippen LogP contribution in [0.1, 0.15) is 66.7 Å². The molecule has 1 fully saturated rings. The van der Waals surface area contributed by atoms with Gasteiger partial charge in [0, 0.05) is 12.5 Å². The lowest BCUT2D eigenvalue weighted by Crippen LogP contribution is -2.50. The molecule has 0 aromatic heterocycles. The summed E-state index contributed by atoms with van der Waals surface area (Å²) >= 11 is 0. The number of fused-ring (bicyclic) bond motifs is 1. The van der Waals surface area contributed by atoms with Gasteiger partial charge in [-0.25, -0.2) is 4.79 Å². The predicted octanol–water partition coefficient (Wildman–Crippen LogP) is 4.78. The number of carboxylic acids is 1. The molecule has 4 atom stereocenters. The summed E-state index contributed by atoms with van der Waals surface area (Å²) in [6.45, 7) is 10.9. The minimum absolute atomic E-state index is 0.0752. The quantitative estimate of drug-likeness (QED) is 0.759. The number of allylic oxidation sites excluding steroid dienone is 3. The second kappa shape index (κ2) is 6.26. The highest BCUT2D eigenvalue weighted by molar-refractivity contribution is 5.92. The van der Waals surface area contributed by atoms with Crippen LogP contribution in [0.15, 0.2) is 23.3 Å². The Morgan fingerprint density at radius 1 is 1.43 bits per heavy atom. The molecule has 0 heterocycles. The molecular weight excluding hydrogens is 288 g/mol. The third-order valence-corrected chi connectivity index (χ3v) is 6.90. The van der Waals surface area contributed by atoms with Gasteiger partial charge in [0.2, 0.25) is 0 Å². The fourth-order valence-electron chi connectivity index (χ4n) is 4.86. The Bertz CT molecular complexity index is 571. The summed E-state index contributed by atoms with van der Waals surface area (Å²) in [7, 11) is 0. The average Bonchev–Trinajstić information content (AvgIpc) is 2.44. The van der Waals surface area contributed by atoms with Gasteiger partial charge in [0.05, 0.1) is 0 Å². The van der Waals surface area contributed by atoms with E-state index in [0.29, 0.717) is 18.3 Å². The monoisotopic (exact) mass is 318 g/mol. The van der Waals surface area contributed by atoms with Crippen LogP contribution in [0.25, 0.3) is 0 Å². The maximum absolute atomic E-state index is 12.2. The molecule has 0 aromatic rings. The zero-order valence-electron chi connectivity index (χ0n) is 15.1. The van der Waals surface area contributed by atoms with Gasteiger partial charge in [0.1, 0.15) is 0 Å². The van der Waals surface area contributed by atoms with E-state index in [2.05, 4.69) is 27.7 Å². The molecule has 1 saturated carbocycles. The van der Waals surface area contributed by atoms with Gasteiger partial charge in [-0.1, -0.05) is 31.9 Å². The van der Waals surface area contributed by atoms with E-state index >= 15 is 0 Å². The lowest BCUT2D eigenvalue weighted by atomic mass is 9.47. The van der Waals surface area contributed by atoms with Crippen LogP contribution in [0.4, 0.5) is 0 Å². The molecule has 0 radical (unpaired) electrons. The zero-order chi connectivity index (χ0) is 17.4. The molecular formula is C20H30O3. The Balaban J connectivity index is 2.29. The number of hydrogen-bond donors (Lipinski definition) is 1. The molecule has 0 bridgehead atoms. The summed E-state index contributed by atoms with van der Waals surface area (Å²) < 4.78 is 0. The molecule has 3 nitrogen and oxygen atoms in total. The van der Waals surface area contributed by atoms with Crippen LogP contribution in [0.5, 0.6) is 0 Å². The van der Waals surface area contributed by atoms with E-state index in [4.69, 9.17) is 5.11 Å². The van der Waals surface area contributed by atoms with Crippen molar-refractivity contribution in [2.24, 2.45) is 22.7 Å². The number of ketones is 1. The Labute approximate surface area is 139 Å². The van der Waals surface area contributed by atoms with Crippen molar-refractivity contribution in [2.45, 2.75) is 66.7 Å². The fraction of sp³-hybridized carbons (Fsp3) is 0.700. The number of carbonyl (C=O) groups is 2. The summed E-state index contributed by atoms with van der Waals surface area (Å²) in [4.78, 5) is 23.0. The third-order valence-electron chi connectivity index (χ3n) is 6.90. The topological polar surface area (TPSA) is 54.4 Å². The predicted molar refractivity (Wildman–Crippen MR) is 92.1 cm³/mol. The van der Waals surface area contributed by atoms with Crippen molar-refractivity contribution >= 4 is 11.8 Å². The zero-order valence-corrected chi connectivity index (χ0v) is 15.1. The summed E-state index contributed by atoms with van der Waals surface area (Å²) in [5.41, 5.74) is 2.33. The van der Waals surface area contributed by atoms with Crippen molar-refractivity contribution in [3.8, 4) is 0 Å². The van der Waals surface area contributed by atoms with Crippen molar-refractivity contribution in [2.75, 3.05) is 0 Å². The second-order valence-electron chi connectivity index (χ2n) is 8.24. The minimum Gasteiger partial charge on any atom is -0.478 e. The molecule has 0 amide bonds. The highest BCUT2D eigenvalue weighted by Crippen LogP contribution is 2.61. The van der Waals surface area contributed by atoms with E-state index in [1.165, 1.54) is 18.1 Å². The van der Waals surface area contributed by atoms with E-state index in [0.717, 1.165) is 24.8 Å². The van der Waals surface area contributed by atoms with Crippen LogP contribution in [0, 0.1) is 22.7 Å². The molecule has 2 aliphatic rings.